The summed E-state index contributed by atoms with van der Waals surface area (Å²) in [5.41, 5.74) is 5.17. The van der Waals surface area contributed by atoms with Crippen LogP contribution in [-0.4, -0.2) is 18.0 Å². The van der Waals surface area contributed by atoms with E-state index in [4.69, 9.17) is 0 Å². The van der Waals surface area contributed by atoms with Crippen molar-refractivity contribution in [3.8, 4) is 0 Å². The maximum atomic E-state index is 13.5. The molecule has 3 rings (SSSR count). The summed E-state index contributed by atoms with van der Waals surface area (Å²) in [4.78, 5) is 29.6. The van der Waals surface area contributed by atoms with E-state index in [0.29, 0.717) is 17.7 Å². The van der Waals surface area contributed by atoms with Gasteiger partial charge in [0.05, 0.1) is 11.7 Å². The molecule has 1 fully saturated rings. The summed E-state index contributed by atoms with van der Waals surface area (Å²) in [5.74, 6) is -0.329. The fourth-order valence-electron chi connectivity index (χ4n) is 3.52. The molecule has 1 heterocycles. The molecule has 1 aliphatic heterocycles. The highest BCUT2D eigenvalue weighted by Gasteiger charge is 2.42. The van der Waals surface area contributed by atoms with E-state index in [1.165, 1.54) is 10.5 Å². The number of allylic oxidation sites excluding steroid dienone is 2. The summed E-state index contributed by atoms with van der Waals surface area (Å²) in [6.45, 7) is 12.2. The molecule has 4 heteroatoms. The molecule has 150 valence electrons. The zero-order chi connectivity index (χ0) is 21.1. The van der Waals surface area contributed by atoms with Crippen molar-refractivity contribution in [3.05, 3.63) is 83.5 Å². The van der Waals surface area contributed by atoms with E-state index in [9.17, 15) is 9.59 Å². The fourth-order valence-corrected chi connectivity index (χ4v) is 3.52. The van der Waals surface area contributed by atoms with Gasteiger partial charge in [0.25, 0.3) is 5.91 Å². The van der Waals surface area contributed by atoms with Crippen LogP contribution in [-0.2, 0) is 4.79 Å². The van der Waals surface area contributed by atoms with Crippen molar-refractivity contribution in [1.29, 1.82) is 0 Å². The van der Waals surface area contributed by atoms with Crippen molar-refractivity contribution >= 4 is 23.3 Å². The highest BCUT2D eigenvalue weighted by molar-refractivity contribution is 6.27. The minimum absolute atomic E-state index is 0.329. The Kier molecular flexibility index (Phi) is 6.02. The summed E-state index contributed by atoms with van der Waals surface area (Å²) >= 11 is 0. The lowest BCUT2D eigenvalue weighted by Crippen LogP contribution is -2.58. The van der Waals surface area contributed by atoms with Gasteiger partial charge in [-0.25, -0.2) is 9.69 Å². The first-order valence-corrected chi connectivity index (χ1v) is 9.92. The quantitative estimate of drug-likeness (QED) is 0.469. The van der Waals surface area contributed by atoms with Gasteiger partial charge in [0.15, 0.2) is 0 Å². The average molecular weight is 389 g/mol. The molecule has 0 N–H and O–H groups in total. The van der Waals surface area contributed by atoms with E-state index < -0.39 is 0 Å². The van der Waals surface area contributed by atoms with Crippen LogP contribution in [0, 0.1) is 13.8 Å². The average Bonchev–Trinajstić information content (AvgIpc) is 2.68. The first kappa shape index (κ1) is 20.6. The Morgan fingerprint density at radius 3 is 1.97 bits per heavy atom. The Balaban J connectivity index is 2.03. The molecule has 4 nitrogen and oxygen atoms in total. The molecule has 1 aliphatic rings. The molecule has 0 spiro atoms. The second-order valence-corrected chi connectivity index (χ2v) is 7.86. The van der Waals surface area contributed by atoms with Gasteiger partial charge in [0, 0.05) is 11.3 Å². The van der Waals surface area contributed by atoms with Gasteiger partial charge in [-0.2, -0.15) is 0 Å². The number of imide groups is 1. The van der Waals surface area contributed by atoms with Gasteiger partial charge in [-0.3, -0.25) is 9.69 Å². The van der Waals surface area contributed by atoms with Crippen LogP contribution >= 0.6 is 0 Å². The number of hydrogen-bond donors (Lipinski definition) is 0. The number of rotatable bonds is 5. The van der Waals surface area contributed by atoms with Gasteiger partial charge >= 0.3 is 6.03 Å². The van der Waals surface area contributed by atoms with Crippen LogP contribution in [0.15, 0.2) is 72.3 Å². The molecule has 1 unspecified atom stereocenters. The molecule has 1 saturated heterocycles. The van der Waals surface area contributed by atoms with Crippen molar-refractivity contribution < 1.29 is 9.59 Å². The van der Waals surface area contributed by atoms with Crippen LogP contribution in [0.3, 0.4) is 0 Å². The molecule has 0 radical (unpaired) electrons. The topological polar surface area (TPSA) is 40.6 Å². The number of carbonyl (C=O) groups is 2. The van der Waals surface area contributed by atoms with Crippen LogP contribution in [0.1, 0.15) is 37.8 Å². The SMILES string of the molecule is C=C1C(=O)N(c2ccc(C)cc2)C(=O)N(c2ccc(C)cc2)C1CCC=C(C)C. The van der Waals surface area contributed by atoms with Crippen molar-refractivity contribution in [2.75, 3.05) is 9.80 Å². The van der Waals surface area contributed by atoms with Crippen molar-refractivity contribution in [1.82, 2.24) is 0 Å². The lowest BCUT2D eigenvalue weighted by Gasteiger charge is -2.41. The van der Waals surface area contributed by atoms with Gasteiger partial charge in [-0.1, -0.05) is 53.6 Å². The lowest BCUT2D eigenvalue weighted by atomic mass is 9.96. The lowest BCUT2D eigenvalue weighted by molar-refractivity contribution is -0.115. The third kappa shape index (κ3) is 4.32. The Bertz CT molecular complexity index is 951. The fraction of sp³-hybridized carbons (Fsp3) is 0.280. The van der Waals surface area contributed by atoms with Crippen LogP contribution in [0.25, 0.3) is 0 Å². The Morgan fingerprint density at radius 2 is 1.45 bits per heavy atom. The van der Waals surface area contributed by atoms with Gasteiger partial charge < -0.3 is 0 Å². The highest BCUT2D eigenvalue weighted by atomic mass is 16.2. The molecule has 3 amide bonds. The molecular weight excluding hydrogens is 360 g/mol. The third-order valence-electron chi connectivity index (χ3n) is 5.19. The minimum Gasteiger partial charge on any atom is -0.286 e. The zero-order valence-electron chi connectivity index (χ0n) is 17.6. The number of carbonyl (C=O) groups excluding carboxylic acids is 2. The Labute approximate surface area is 173 Å². The van der Waals surface area contributed by atoms with E-state index in [2.05, 4.69) is 12.7 Å². The van der Waals surface area contributed by atoms with Crippen LogP contribution < -0.4 is 9.80 Å². The smallest absolute Gasteiger partial charge is 0.286 e. The standard InChI is InChI=1S/C25H28N2O2/c1-17(2)7-6-8-23-20(5)24(28)27(22-15-11-19(4)12-16-22)25(29)26(23)21-13-9-18(3)10-14-21/h7,9-16,23H,5-6,8H2,1-4H3. The van der Waals surface area contributed by atoms with E-state index >= 15 is 0 Å². The highest BCUT2D eigenvalue weighted by Crippen LogP contribution is 2.33. The zero-order valence-corrected chi connectivity index (χ0v) is 17.6. The first-order valence-electron chi connectivity index (χ1n) is 9.92. The predicted molar refractivity (Wildman–Crippen MR) is 119 cm³/mol. The van der Waals surface area contributed by atoms with Gasteiger partial charge in [0.2, 0.25) is 0 Å². The van der Waals surface area contributed by atoms with E-state index in [0.717, 1.165) is 23.2 Å². The van der Waals surface area contributed by atoms with Gasteiger partial charge in [0.1, 0.15) is 0 Å². The summed E-state index contributed by atoms with van der Waals surface area (Å²) in [5, 5.41) is 0. The van der Waals surface area contributed by atoms with E-state index in [-0.39, 0.29) is 18.0 Å². The van der Waals surface area contributed by atoms with Gasteiger partial charge in [-0.05, 0) is 64.8 Å². The number of aryl methyl sites for hydroxylation is 2. The van der Waals surface area contributed by atoms with E-state index in [1.54, 1.807) is 17.0 Å². The number of benzene rings is 2. The summed E-state index contributed by atoms with van der Waals surface area (Å²) in [6.07, 6.45) is 3.55. The second-order valence-electron chi connectivity index (χ2n) is 7.86. The maximum absolute atomic E-state index is 13.5. The number of urea groups is 1. The molecule has 2 aromatic carbocycles. The summed E-state index contributed by atoms with van der Waals surface area (Å²) < 4.78 is 0. The summed E-state index contributed by atoms with van der Waals surface area (Å²) in [7, 11) is 0. The Hall–Kier alpha value is -3.14. The van der Waals surface area contributed by atoms with E-state index in [1.807, 2.05) is 64.1 Å². The molecular formula is C25H28N2O2. The minimum atomic E-state index is -0.366. The summed E-state index contributed by atoms with van der Waals surface area (Å²) in [6, 6.07) is 14.5. The molecule has 0 aliphatic carbocycles. The maximum Gasteiger partial charge on any atom is 0.336 e. The molecule has 0 aromatic heterocycles. The number of amides is 3. The second kappa shape index (κ2) is 8.48. The van der Waals surface area contributed by atoms with Crippen molar-refractivity contribution in [2.45, 2.75) is 46.6 Å². The predicted octanol–water partition coefficient (Wildman–Crippen LogP) is 5.95. The first-order chi connectivity index (χ1) is 13.8. The van der Waals surface area contributed by atoms with Crippen LogP contribution in [0.5, 0.6) is 0 Å². The number of hydrogen-bond acceptors (Lipinski definition) is 2. The third-order valence-corrected chi connectivity index (χ3v) is 5.19. The van der Waals surface area contributed by atoms with Gasteiger partial charge in [-0.15, -0.1) is 0 Å². The molecule has 29 heavy (non-hydrogen) atoms. The molecule has 2 aromatic rings. The molecule has 0 saturated carbocycles. The number of anilines is 2. The molecule has 1 atom stereocenters. The normalized spacial score (nSPS) is 17.0. The molecule has 0 bridgehead atoms. The monoisotopic (exact) mass is 388 g/mol. The van der Waals surface area contributed by atoms with Crippen molar-refractivity contribution in [3.63, 3.8) is 0 Å². The largest absolute Gasteiger partial charge is 0.336 e. The number of nitrogens with zero attached hydrogens (tertiary/aromatic N) is 2. The van der Waals surface area contributed by atoms with Crippen molar-refractivity contribution in [2.24, 2.45) is 0 Å². The Morgan fingerprint density at radius 1 is 0.931 bits per heavy atom. The van der Waals surface area contributed by atoms with Crippen LogP contribution in [0.2, 0.25) is 0 Å². The van der Waals surface area contributed by atoms with Crippen LogP contribution in [0.4, 0.5) is 16.2 Å².